The van der Waals surface area contributed by atoms with Gasteiger partial charge in [-0.1, -0.05) is 30.3 Å². The van der Waals surface area contributed by atoms with Crippen molar-refractivity contribution < 1.29 is 27.8 Å². The van der Waals surface area contributed by atoms with Crippen LogP contribution in [-0.4, -0.2) is 29.5 Å². The van der Waals surface area contributed by atoms with Crippen LogP contribution in [0.3, 0.4) is 0 Å². The molecule has 0 bridgehead atoms. The molecular formula is C12H14F3NO3. The van der Waals surface area contributed by atoms with Gasteiger partial charge in [-0.25, -0.2) is 4.79 Å². The van der Waals surface area contributed by atoms with Gasteiger partial charge in [-0.05, 0) is 12.5 Å². The number of ether oxygens (including phenoxy) is 1. The second-order valence-electron chi connectivity index (χ2n) is 3.98. The third-order valence-electron chi connectivity index (χ3n) is 2.37. The number of carbonyl (C=O) groups is 1. The molecule has 0 aromatic heterocycles. The number of hydrogen-bond donors (Lipinski definition) is 2. The summed E-state index contributed by atoms with van der Waals surface area (Å²) in [5, 5.41) is 10.8. The molecule has 7 heteroatoms. The van der Waals surface area contributed by atoms with Crippen molar-refractivity contribution in [3.63, 3.8) is 0 Å². The summed E-state index contributed by atoms with van der Waals surface area (Å²) in [6.07, 6.45) is -8.43. The molecule has 1 rings (SSSR count). The van der Waals surface area contributed by atoms with Crippen LogP contribution in [0.4, 0.5) is 18.0 Å². The van der Waals surface area contributed by atoms with E-state index in [1.54, 1.807) is 30.3 Å². The number of alkyl halides is 3. The number of alkyl carbamates (subject to hydrolysis) is 1. The molecule has 1 aromatic rings. The maximum atomic E-state index is 12.2. The van der Waals surface area contributed by atoms with Crippen LogP contribution in [0, 0.1) is 0 Å². The van der Waals surface area contributed by atoms with E-state index in [-0.39, 0.29) is 6.61 Å². The Morgan fingerprint density at radius 1 is 1.37 bits per heavy atom. The van der Waals surface area contributed by atoms with Crippen molar-refractivity contribution in [2.45, 2.75) is 31.9 Å². The quantitative estimate of drug-likeness (QED) is 0.887. The number of amides is 1. The molecule has 0 fully saturated rings. The fraction of sp³-hybridized carbons (Fsp3) is 0.417. The molecular weight excluding hydrogens is 263 g/mol. The van der Waals surface area contributed by atoms with E-state index in [2.05, 4.69) is 0 Å². The molecule has 0 saturated heterocycles. The third-order valence-corrected chi connectivity index (χ3v) is 2.37. The normalized spacial score (nSPS) is 14.6. The van der Waals surface area contributed by atoms with Crippen LogP contribution in [0.5, 0.6) is 0 Å². The number of rotatable bonds is 4. The van der Waals surface area contributed by atoms with Gasteiger partial charge in [0.1, 0.15) is 6.61 Å². The molecule has 0 radical (unpaired) electrons. The average molecular weight is 277 g/mol. The van der Waals surface area contributed by atoms with Gasteiger partial charge in [-0.2, -0.15) is 13.2 Å². The first kappa shape index (κ1) is 15.3. The standard InChI is InChI=1S/C12H14F3NO3/c1-8(10(17)12(13,14)15)16-11(18)19-7-9-5-3-2-4-6-9/h2-6,8,10,17H,7H2,1H3,(H,16,18)/t8-,10+/m1/s1. The number of nitrogens with one attached hydrogen (secondary N) is 1. The minimum Gasteiger partial charge on any atom is -0.445 e. The van der Waals surface area contributed by atoms with E-state index in [1.165, 1.54) is 0 Å². The van der Waals surface area contributed by atoms with E-state index in [0.29, 0.717) is 5.56 Å². The molecule has 0 spiro atoms. The van der Waals surface area contributed by atoms with Gasteiger partial charge in [-0.15, -0.1) is 0 Å². The van der Waals surface area contributed by atoms with Gasteiger partial charge in [0.05, 0.1) is 6.04 Å². The van der Waals surface area contributed by atoms with Gasteiger partial charge in [0.2, 0.25) is 0 Å². The molecule has 4 nitrogen and oxygen atoms in total. The summed E-state index contributed by atoms with van der Waals surface area (Å²) in [6.45, 7) is 0.990. The lowest BCUT2D eigenvalue weighted by Crippen LogP contribution is -2.48. The van der Waals surface area contributed by atoms with Crippen LogP contribution >= 0.6 is 0 Å². The van der Waals surface area contributed by atoms with Gasteiger partial charge in [0, 0.05) is 0 Å². The smallest absolute Gasteiger partial charge is 0.416 e. The minimum atomic E-state index is -4.79. The molecule has 2 atom stereocenters. The van der Waals surface area contributed by atoms with Gasteiger partial charge < -0.3 is 15.2 Å². The Morgan fingerprint density at radius 3 is 2.47 bits per heavy atom. The number of carbonyl (C=O) groups excluding carboxylic acids is 1. The van der Waals surface area contributed by atoms with E-state index >= 15 is 0 Å². The van der Waals surface area contributed by atoms with Crippen molar-refractivity contribution in [2.75, 3.05) is 0 Å². The molecule has 1 amide bonds. The predicted molar refractivity (Wildman–Crippen MR) is 61.3 cm³/mol. The van der Waals surface area contributed by atoms with Gasteiger partial charge in [0.15, 0.2) is 6.10 Å². The average Bonchev–Trinajstić information content (AvgIpc) is 2.35. The Morgan fingerprint density at radius 2 is 1.95 bits per heavy atom. The fourth-order valence-electron chi connectivity index (χ4n) is 1.31. The van der Waals surface area contributed by atoms with Crippen molar-refractivity contribution in [1.29, 1.82) is 0 Å². The highest BCUT2D eigenvalue weighted by atomic mass is 19.4. The maximum Gasteiger partial charge on any atom is 0.416 e. The summed E-state index contributed by atoms with van der Waals surface area (Å²) in [4.78, 5) is 11.2. The lowest BCUT2D eigenvalue weighted by molar-refractivity contribution is -0.210. The summed E-state index contributed by atoms with van der Waals surface area (Å²) in [7, 11) is 0. The Labute approximate surface area is 108 Å². The number of hydrogen-bond acceptors (Lipinski definition) is 3. The van der Waals surface area contributed by atoms with Crippen molar-refractivity contribution in [3.05, 3.63) is 35.9 Å². The lowest BCUT2D eigenvalue weighted by Gasteiger charge is -2.22. The van der Waals surface area contributed by atoms with Crippen LogP contribution < -0.4 is 5.32 Å². The van der Waals surface area contributed by atoms with E-state index in [4.69, 9.17) is 9.84 Å². The van der Waals surface area contributed by atoms with Crippen LogP contribution in [0.15, 0.2) is 30.3 Å². The minimum absolute atomic E-state index is 0.0541. The highest BCUT2D eigenvalue weighted by Crippen LogP contribution is 2.22. The van der Waals surface area contributed by atoms with Crippen molar-refractivity contribution >= 4 is 6.09 Å². The van der Waals surface area contributed by atoms with Crippen molar-refractivity contribution in [3.8, 4) is 0 Å². The number of halogens is 3. The predicted octanol–water partition coefficient (Wildman–Crippen LogP) is 2.22. The number of aliphatic hydroxyl groups is 1. The summed E-state index contributed by atoms with van der Waals surface area (Å²) < 4.78 is 41.2. The first-order valence-corrected chi connectivity index (χ1v) is 5.52. The third kappa shape index (κ3) is 5.17. The molecule has 0 aliphatic rings. The van der Waals surface area contributed by atoms with Crippen LogP contribution in [0.25, 0.3) is 0 Å². The lowest BCUT2D eigenvalue weighted by atomic mass is 10.2. The second-order valence-corrected chi connectivity index (χ2v) is 3.98. The first-order valence-electron chi connectivity index (χ1n) is 5.52. The molecule has 0 aliphatic heterocycles. The second kappa shape index (κ2) is 6.42. The molecule has 1 aromatic carbocycles. The summed E-state index contributed by atoms with van der Waals surface area (Å²) in [5.41, 5.74) is 0.710. The Hall–Kier alpha value is -1.76. The maximum absolute atomic E-state index is 12.2. The Bertz CT molecular complexity index is 408. The zero-order valence-electron chi connectivity index (χ0n) is 10.1. The van der Waals surface area contributed by atoms with Crippen molar-refractivity contribution in [1.82, 2.24) is 5.32 Å². The number of aliphatic hydroxyl groups excluding tert-OH is 1. The Balaban J connectivity index is 2.39. The summed E-state index contributed by atoms with van der Waals surface area (Å²) >= 11 is 0. The molecule has 0 heterocycles. The van der Waals surface area contributed by atoms with Crippen LogP contribution in [0.2, 0.25) is 0 Å². The molecule has 0 aliphatic carbocycles. The number of benzene rings is 1. The van der Waals surface area contributed by atoms with E-state index in [0.717, 1.165) is 6.92 Å². The topological polar surface area (TPSA) is 58.6 Å². The fourth-order valence-corrected chi connectivity index (χ4v) is 1.31. The molecule has 19 heavy (non-hydrogen) atoms. The van der Waals surface area contributed by atoms with Crippen LogP contribution in [-0.2, 0) is 11.3 Å². The largest absolute Gasteiger partial charge is 0.445 e. The van der Waals surface area contributed by atoms with E-state index < -0.39 is 24.4 Å². The van der Waals surface area contributed by atoms with Gasteiger partial charge in [0.25, 0.3) is 0 Å². The van der Waals surface area contributed by atoms with Gasteiger partial charge in [-0.3, -0.25) is 0 Å². The summed E-state index contributed by atoms with van der Waals surface area (Å²) in [5.74, 6) is 0. The molecule has 2 N–H and O–H groups in total. The monoisotopic (exact) mass is 277 g/mol. The molecule has 0 saturated carbocycles. The van der Waals surface area contributed by atoms with Crippen molar-refractivity contribution in [2.24, 2.45) is 0 Å². The van der Waals surface area contributed by atoms with E-state index in [1.807, 2.05) is 5.32 Å². The first-order chi connectivity index (χ1) is 8.80. The Kier molecular flexibility index (Phi) is 5.17. The van der Waals surface area contributed by atoms with Gasteiger partial charge >= 0.3 is 12.3 Å². The zero-order chi connectivity index (χ0) is 14.5. The summed E-state index contributed by atoms with van der Waals surface area (Å²) in [6, 6.07) is 7.20. The molecule has 106 valence electrons. The highest BCUT2D eigenvalue weighted by molar-refractivity contribution is 5.67. The van der Waals surface area contributed by atoms with E-state index in [9.17, 15) is 18.0 Å². The molecule has 0 unspecified atom stereocenters. The SMILES string of the molecule is C[C@@H](NC(=O)OCc1ccccc1)[C@H](O)C(F)(F)F. The zero-order valence-corrected chi connectivity index (χ0v) is 10.1. The highest BCUT2D eigenvalue weighted by Gasteiger charge is 2.42. The van der Waals surface area contributed by atoms with Crippen LogP contribution in [0.1, 0.15) is 12.5 Å².